The monoisotopic (exact) mass is 358 g/mol. The van der Waals surface area contributed by atoms with Crippen molar-refractivity contribution in [3.63, 3.8) is 0 Å². The number of benzene rings is 1. The molecule has 2 aromatic heterocycles. The number of hydrogen-bond donors (Lipinski definition) is 0. The molecule has 4 nitrogen and oxygen atoms in total. The molecule has 1 aromatic carbocycles. The van der Waals surface area contributed by atoms with Crippen LogP contribution >= 0.6 is 15.9 Å². The molecule has 3 rings (SSSR count). The molecular formula is C17H15BrN2O2. The van der Waals surface area contributed by atoms with E-state index < -0.39 is 0 Å². The van der Waals surface area contributed by atoms with Crippen molar-refractivity contribution in [2.24, 2.45) is 0 Å². The highest BCUT2D eigenvalue weighted by Gasteiger charge is 2.09. The molecule has 0 unspecified atom stereocenters. The maximum atomic E-state index is 12.7. The average Bonchev–Trinajstić information content (AvgIpc) is 2.54. The third kappa shape index (κ3) is 2.64. The van der Waals surface area contributed by atoms with Gasteiger partial charge in [0.25, 0.3) is 5.56 Å². The molecule has 0 atom stereocenters. The van der Waals surface area contributed by atoms with E-state index in [1.54, 1.807) is 24.1 Å². The maximum Gasteiger partial charge on any atom is 0.260 e. The summed E-state index contributed by atoms with van der Waals surface area (Å²) in [5.74, 6) is 0.804. The number of ether oxygens (including phenoxy) is 1. The van der Waals surface area contributed by atoms with E-state index in [1.165, 1.54) is 0 Å². The molecule has 0 spiro atoms. The van der Waals surface area contributed by atoms with Crippen LogP contribution in [0.5, 0.6) is 5.75 Å². The fourth-order valence-electron chi connectivity index (χ4n) is 2.42. The van der Waals surface area contributed by atoms with Crippen LogP contribution in [0.2, 0.25) is 0 Å². The standard InChI is InChI=1S/C17H15BrN2O2/c1-11-14(18)9-19-15-7-8-20(17(21)16(11)15)10-12-3-5-13(22-2)6-4-12/h3-9H,10H2,1-2H3. The highest BCUT2D eigenvalue weighted by Crippen LogP contribution is 2.21. The Labute approximate surface area is 136 Å². The lowest BCUT2D eigenvalue weighted by atomic mass is 10.1. The fraction of sp³-hybridized carbons (Fsp3) is 0.176. The zero-order valence-electron chi connectivity index (χ0n) is 12.3. The van der Waals surface area contributed by atoms with Gasteiger partial charge in [0.1, 0.15) is 5.75 Å². The molecule has 5 heteroatoms. The second-order valence-corrected chi connectivity index (χ2v) is 5.94. The van der Waals surface area contributed by atoms with Crippen LogP contribution in [0.1, 0.15) is 11.1 Å². The Morgan fingerprint density at radius 3 is 2.64 bits per heavy atom. The minimum atomic E-state index is -0.0281. The molecule has 0 fully saturated rings. The lowest BCUT2D eigenvalue weighted by Crippen LogP contribution is -2.21. The molecule has 0 bridgehead atoms. The van der Waals surface area contributed by atoms with Crippen molar-refractivity contribution < 1.29 is 4.74 Å². The average molecular weight is 359 g/mol. The van der Waals surface area contributed by atoms with Crippen molar-refractivity contribution in [1.82, 2.24) is 9.55 Å². The molecule has 0 saturated carbocycles. The molecule has 0 N–H and O–H groups in total. The first-order valence-electron chi connectivity index (χ1n) is 6.87. The Morgan fingerprint density at radius 1 is 1.23 bits per heavy atom. The van der Waals surface area contributed by atoms with Crippen LogP contribution in [0, 0.1) is 6.92 Å². The van der Waals surface area contributed by atoms with Crippen molar-refractivity contribution in [2.75, 3.05) is 7.11 Å². The van der Waals surface area contributed by atoms with Crippen LogP contribution in [0.3, 0.4) is 0 Å². The molecule has 0 amide bonds. The molecule has 0 saturated heterocycles. The molecule has 0 aliphatic rings. The van der Waals surface area contributed by atoms with Gasteiger partial charge in [-0.15, -0.1) is 0 Å². The molecule has 0 radical (unpaired) electrons. The summed E-state index contributed by atoms with van der Waals surface area (Å²) < 4.78 is 7.69. The Kier molecular flexibility index (Phi) is 3.98. The smallest absolute Gasteiger partial charge is 0.260 e. The molecule has 22 heavy (non-hydrogen) atoms. The third-order valence-electron chi connectivity index (χ3n) is 3.71. The second-order valence-electron chi connectivity index (χ2n) is 5.09. The van der Waals surface area contributed by atoms with Gasteiger partial charge in [0.15, 0.2) is 0 Å². The topological polar surface area (TPSA) is 44.1 Å². The van der Waals surface area contributed by atoms with Crippen LogP contribution in [0.15, 0.2) is 52.0 Å². The number of fused-ring (bicyclic) bond motifs is 1. The minimum absolute atomic E-state index is 0.0281. The van der Waals surface area contributed by atoms with Crippen molar-refractivity contribution in [3.8, 4) is 5.75 Å². The summed E-state index contributed by atoms with van der Waals surface area (Å²) in [5.41, 5.74) is 2.65. The largest absolute Gasteiger partial charge is 0.497 e. The summed E-state index contributed by atoms with van der Waals surface area (Å²) in [7, 11) is 1.64. The van der Waals surface area contributed by atoms with E-state index in [0.29, 0.717) is 11.9 Å². The normalized spacial score (nSPS) is 10.9. The molecule has 112 valence electrons. The van der Waals surface area contributed by atoms with E-state index in [9.17, 15) is 4.79 Å². The zero-order chi connectivity index (χ0) is 15.7. The minimum Gasteiger partial charge on any atom is -0.497 e. The molecule has 2 heterocycles. The second kappa shape index (κ2) is 5.93. The first kappa shape index (κ1) is 14.8. The predicted octanol–water partition coefficient (Wildman–Crippen LogP) is 3.52. The van der Waals surface area contributed by atoms with Crippen LogP contribution < -0.4 is 10.3 Å². The number of aromatic nitrogens is 2. The predicted molar refractivity (Wildman–Crippen MR) is 90.5 cm³/mol. The maximum absolute atomic E-state index is 12.7. The molecule has 0 aliphatic heterocycles. The summed E-state index contributed by atoms with van der Waals surface area (Å²) >= 11 is 3.43. The van der Waals surface area contributed by atoms with Gasteiger partial charge in [-0.05, 0) is 52.2 Å². The summed E-state index contributed by atoms with van der Waals surface area (Å²) in [5, 5.41) is 0.658. The number of hydrogen-bond acceptors (Lipinski definition) is 3. The van der Waals surface area contributed by atoms with E-state index >= 15 is 0 Å². The van der Waals surface area contributed by atoms with Gasteiger partial charge in [-0.3, -0.25) is 9.78 Å². The van der Waals surface area contributed by atoms with Crippen LogP contribution in [-0.4, -0.2) is 16.7 Å². The van der Waals surface area contributed by atoms with Gasteiger partial charge in [-0.25, -0.2) is 0 Å². The molecule has 3 aromatic rings. The van der Waals surface area contributed by atoms with E-state index in [-0.39, 0.29) is 5.56 Å². The number of pyridine rings is 2. The number of aryl methyl sites for hydroxylation is 1. The summed E-state index contributed by atoms with van der Waals surface area (Å²) in [6, 6.07) is 9.58. The van der Waals surface area contributed by atoms with Gasteiger partial charge >= 0.3 is 0 Å². The Morgan fingerprint density at radius 2 is 1.95 bits per heavy atom. The number of halogens is 1. The SMILES string of the molecule is COc1ccc(Cn2ccc3ncc(Br)c(C)c3c2=O)cc1. The van der Waals surface area contributed by atoms with Gasteiger partial charge < -0.3 is 9.30 Å². The van der Waals surface area contributed by atoms with Gasteiger partial charge in [-0.2, -0.15) is 0 Å². The summed E-state index contributed by atoms with van der Waals surface area (Å²) in [6.45, 7) is 2.44. The zero-order valence-corrected chi connectivity index (χ0v) is 13.9. The fourth-order valence-corrected chi connectivity index (χ4v) is 2.72. The quantitative estimate of drug-likeness (QED) is 0.719. The Bertz CT molecular complexity index is 886. The molecule has 0 aliphatic carbocycles. The summed E-state index contributed by atoms with van der Waals surface area (Å²) in [6.07, 6.45) is 3.51. The van der Waals surface area contributed by atoms with Gasteiger partial charge in [0, 0.05) is 16.9 Å². The summed E-state index contributed by atoms with van der Waals surface area (Å²) in [4.78, 5) is 17.0. The number of nitrogens with zero attached hydrogens (tertiary/aromatic N) is 2. The lowest BCUT2D eigenvalue weighted by Gasteiger charge is -2.10. The van der Waals surface area contributed by atoms with Crippen molar-refractivity contribution in [3.05, 3.63) is 68.7 Å². The Hall–Kier alpha value is -2.14. The molecular weight excluding hydrogens is 344 g/mol. The van der Waals surface area contributed by atoms with Crippen LogP contribution in [-0.2, 0) is 6.54 Å². The van der Waals surface area contributed by atoms with E-state index in [4.69, 9.17) is 4.74 Å². The number of rotatable bonds is 3. The highest BCUT2D eigenvalue weighted by molar-refractivity contribution is 9.10. The lowest BCUT2D eigenvalue weighted by molar-refractivity contribution is 0.414. The first-order valence-corrected chi connectivity index (χ1v) is 7.66. The van der Waals surface area contributed by atoms with Crippen LogP contribution in [0.25, 0.3) is 10.9 Å². The third-order valence-corrected chi connectivity index (χ3v) is 4.50. The van der Waals surface area contributed by atoms with E-state index in [0.717, 1.165) is 26.9 Å². The van der Waals surface area contributed by atoms with Crippen molar-refractivity contribution >= 4 is 26.8 Å². The Balaban J connectivity index is 2.05. The van der Waals surface area contributed by atoms with Gasteiger partial charge in [-0.1, -0.05) is 12.1 Å². The highest BCUT2D eigenvalue weighted by atomic mass is 79.9. The first-order chi connectivity index (χ1) is 10.6. The number of methoxy groups -OCH3 is 1. The van der Waals surface area contributed by atoms with Gasteiger partial charge in [0.05, 0.1) is 24.6 Å². The van der Waals surface area contributed by atoms with E-state index in [1.807, 2.05) is 37.3 Å². The van der Waals surface area contributed by atoms with Gasteiger partial charge in [0.2, 0.25) is 0 Å². The van der Waals surface area contributed by atoms with Crippen molar-refractivity contribution in [2.45, 2.75) is 13.5 Å². The van der Waals surface area contributed by atoms with Crippen LogP contribution in [0.4, 0.5) is 0 Å². The van der Waals surface area contributed by atoms with Crippen molar-refractivity contribution in [1.29, 1.82) is 0 Å². The van der Waals surface area contributed by atoms with E-state index in [2.05, 4.69) is 20.9 Å².